The first kappa shape index (κ1) is 14.4. The van der Waals surface area contributed by atoms with E-state index in [-0.39, 0.29) is 0 Å². The van der Waals surface area contributed by atoms with Crippen molar-refractivity contribution in [3.63, 3.8) is 0 Å². The molecule has 0 aromatic heterocycles. The Labute approximate surface area is 117 Å². The summed E-state index contributed by atoms with van der Waals surface area (Å²) in [6.45, 7) is 9.66. The van der Waals surface area contributed by atoms with Crippen LogP contribution in [0.15, 0.2) is 18.2 Å². The molecule has 0 radical (unpaired) electrons. The smallest absolute Gasteiger partial charge is 0.124 e. The van der Waals surface area contributed by atoms with Gasteiger partial charge in [-0.3, -0.25) is 0 Å². The molecule has 106 valence electrons. The zero-order valence-corrected chi connectivity index (χ0v) is 12.7. The number of hydrogen-bond acceptors (Lipinski definition) is 2. The molecule has 1 fully saturated rings. The fourth-order valence-corrected chi connectivity index (χ4v) is 3.51. The largest absolute Gasteiger partial charge is 0.490 e. The number of benzene rings is 1. The fourth-order valence-electron chi connectivity index (χ4n) is 3.51. The standard InChI is InChI=1S/C17H27NO/c1-12-5-6-16(14(7-12)11-18)19-15-8-13(2)9-17(3,4)10-15/h5-7,13,15H,8-11,18H2,1-4H3. The maximum atomic E-state index is 6.26. The number of aryl methyl sites for hydroxylation is 1. The topological polar surface area (TPSA) is 35.2 Å². The van der Waals surface area contributed by atoms with Crippen molar-refractivity contribution in [2.24, 2.45) is 17.1 Å². The molecule has 1 saturated carbocycles. The van der Waals surface area contributed by atoms with Gasteiger partial charge in [-0.25, -0.2) is 0 Å². The summed E-state index contributed by atoms with van der Waals surface area (Å²) < 4.78 is 6.26. The predicted molar refractivity (Wildman–Crippen MR) is 80.3 cm³/mol. The molecule has 0 aliphatic heterocycles. The first-order chi connectivity index (χ1) is 8.89. The van der Waals surface area contributed by atoms with Crippen LogP contribution >= 0.6 is 0 Å². The van der Waals surface area contributed by atoms with E-state index in [0.29, 0.717) is 18.1 Å². The second-order valence-corrected chi connectivity index (χ2v) is 6.97. The molecule has 0 bridgehead atoms. The van der Waals surface area contributed by atoms with E-state index in [0.717, 1.165) is 30.1 Å². The second kappa shape index (κ2) is 5.54. The van der Waals surface area contributed by atoms with Crippen LogP contribution in [-0.4, -0.2) is 6.10 Å². The molecule has 2 atom stereocenters. The van der Waals surface area contributed by atoms with Gasteiger partial charge in [0.15, 0.2) is 0 Å². The van der Waals surface area contributed by atoms with Gasteiger partial charge in [0.1, 0.15) is 5.75 Å². The van der Waals surface area contributed by atoms with Crippen molar-refractivity contribution in [1.82, 2.24) is 0 Å². The Kier molecular flexibility index (Phi) is 4.19. The minimum atomic E-state index is 0.326. The van der Waals surface area contributed by atoms with E-state index in [9.17, 15) is 0 Å². The van der Waals surface area contributed by atoms with Gasteiger partial charge in [-0.2, -0.15) is 0 Å². The minimum Gasteiger partial charge on any atom is -0.490 e. The van der Waals surface area contributed by atoms with Crippen LogP contribution in [0, 0.1) is 18.3 Å². The normalized spacial score (nSPS) is 26.2. The third-order valence-corrected chi connectivity index (χ3v) is 4.08. The monoisotopic (exact) mass is 261 g/mol. The molecule has 1 aliphatic carbocycles. The molecule has 2 rings (SSSR count). The van der Waals surface area contributed by atoms with Crippen LogP contribution < -0.4 is 10.5 Å². The Balaban J connectivity index is 2.12. The van der Waals surface area contributed by atoms with Crippen LogP contribution in [0.4, 0.5) is 0 Å². The van der Waals surface area contributed by atoms with E-state index < -0.39 is 0 Å². The summed E-state index contributed by atoms with van der Waals surface area (Å²) in [7, 11) is 0. The van der Waals surface area contributed by atoms with Crippen LogP contribution in [0.3, 0.4) is 0 Å². The molecule has 1 aromatic rings. The second-order valence-electron chi connectivity index (χ2n) is 6.97. The molecule has 0 saturated heterocycles. The summed E-state index contributed by atoms with van der Waals surface area (Å²) in [5.41, 5.74) is 8.57. The molecule has 0 spiro atoms. The van der Waals surface area contributed by atoms with E-state index in [2.05, 4.69) is 45.9 Å². The van der Waals surface area contributed by atoms with Crippen molar-refractivity contribution in [3.05, 3.63) is 29.3 Å². The van der Waals surface area contributed by atoms with E-state index in [1.165, 1.54) is 12.0 Å². The van der Waals surface area contributed by atoms with Crippen molar-refractivity contribution in [3.8, 4) is 5.75 Å². The average molecular weight is 261 g/mol. The van der Waals surface area contributed by atoms with E-state index in [4.69, 9.17) is 10.5 Å². The highest BCUT2D eigenvalue weighted by molar-refractivity contribution is 5.37. The first-order valence-corrected chi connectivity index (χ1v) is 7.36. The molecule has 1 aliphatic rings. The summed E-state index contributed by atoms with van der Waals surface area (Å²) in [5.74, 6) is 1.71. The number of rotatable bonds is 3. The molecule has 2 unspecified atom stereocenters. The van der Waals surface area contributed by atoms with Gasteiger partial charge in [0.25, 0.3) is 0 Å². The van der Waals surface area contributed by atoms with Crippen LogP contribution in [0.25, 0.3) is 0 Å². The molecule has 2 heteroatoms. The SMILES string of the molecule is Cc1ccc(OC2CC(C)CC(C)(C)C2)c(CN)c1. The minimum absolute atomic E-state index is 0.326. The number of ether oxygens (including phenoxy) is 1. The van der Waals surface area contributed by atoms with Crippen molar-refractivity contribution < 1.29 is 4.74 Å². The van der Waals surface area contributed by atoms with Crippen LogP contribution in [0.1, 0.15) is 51.2 Å². The van der Waals surface area contributed by atoms with Crippen molar-refractivity contribution in [2.75, 3.05) is 0 Å². The quantitative estimate of drug-likeness (QED) is 0.891. The summed E-state index contributed by atoms with van der Waals surface area (Å²) in [4.78, 5) is 0. The third kappa shape index (κ3) is 3.73. The summed E-state index contributed by atoms with van der Waals surface area (Å²) in [5, 5.41) is 0. The van der Waals surface area contributed by atoms with Crippen molar-refractivity contribution in [2.45, 2.75) is 59.6 Å². The molecule has 1 aromatic carbocycles. The third-order valence-electron chi connectivity index (χ3n) is 4.08. The molecular formula is C17H27NO. The summed E-state index contributed by atoms with van der Waals surface area (Å²) >= 11 is 0. The average Bonchev–Trinajstić information content (AvgIpc) is 2.28. The van der Waals surface area contributed by atoms with Gasteiger partial charge < -0.3 is 10.5 Å². The van der Waals surface area contributed by atoms with E-state index in [1.54, 1.807) is 0 Å². The zero-order valence-electron chi connectivity index (χ0n) is 12.7. The van der Waals surface area contributed by atoms with Gasteiger partial charge in [-0.1, -0.05) is 38.5 Å². The Morgan fingerprint density at radius 3 is 2.68 bits per heavy atom. The maximum absolute atomic E-state index is 6.26. The van der Waals surface area contributed by atoms with Crippen LogP contribution in [0.2, 0.25) is 0 Å². The highest BCUT2D eigenvalue weighted by Crippen LogP contribution is 2.40. The maximum Gasteiger partial charge on any atom is 0.124 e. The van der Waals surface area contributed by atoms with Gasteiger partial charge in [0.2, 0.25) is 0 Å². The summed E-state index contributed by atoms with van der Waals surface area (Å²) in [6, 6.07) is 6.31. The van der Waals surface area contributed by atoms with Gasteiger partial charge in [0, 0.05) is 12.1 Å². The van der Waals surface area contributed by atoms with Crippen molar-refractivity contribution >= 4 is 0 Å². The summed E-state index contributed by atoms with van der Waals surface area (Å²) in [6.07, 6.45) is 3.91. The Hall–Kier alpha value is -1.02. The molecule has 0 heterocycles. The molecule has 19 heavy (non-hydrogen) atoms. The van der Waals surface area contributed by atoms with Gasteiger partial charge in [-0.05, 0) is 43.6 Å². The lowest BCUT2D eigenvalue weighted by molar-refractivity contribution is 0.0556. The van der Waals surface area contributed by atoms with Crippen molar-refractivity contribution in [1.29, 1.82) is 0 Å². The zero-order chi connectivity index (χ0) is 14.0. The Bertz CT molecular complexity index is 439. The highest BCUT2D eigenvalue weighted by Gasteiger charge is 2.33. The fraction of sp³-hybridized carbons (Fsp3) is 0.647. The predicted octanol–water partition coefficient (Wildman–Crippen LogP) is 4.05. The van der Waals surface area contributed by atoms with E-state index >= 15 is 0 Å². The van der Waals surface area contributed by atoms with Gasteiger partial charge in [-0.15, -0.1) is 0 Å². The van der Waals surface area contributed by atoms with Crippen LogP contribution in [-0.2, 0) is 6.54 Å². The number of nitrogens with two attached hydrogens (primary N) is 1. The molecule has 2 N–H and O–H groups in total. The lowest BCUT2D eigenvalue weighted by atomic mass is 9.71. The van der Waals surface area contributed by atoms with Gasteiger partial charge >= 0.3 is 0 Å². The van der Waals surface area contributed by atoms with Crippen LogP contribution in [0.5, 0.6) is 5.75 Å². The number of hydrogen-bond donors (Lipinski definition) is 1. The lowest BCUT2D eigenvalue weighted by Gasteiger charge is -2.39. The molecular weight excluding hydrogens is 234 g/mol. The highest BCUT2D eigenvalue weighted by atomic mass is 16.5. The first-order valence-electron chi connectivity index (χ1n) is 7.36. The Morgan fingerprint density at radius 1 is 1.32 bits per heavy atom. The molecule has 0 amide bonds. The van der Waals surface area contributed by atoms with E-state index in [1.807, 2.05) is 0 Å². The van der Waals surface area contributed by atoms with Gasteiger partial charge in [0.05, 0.1) is 6.10 Å². The molecule has 2 nitrogen and oxygen atoms in total. The lowest BCUT2D eigenvalue weighted by Crippen LogP contribution is -2.34. The Morgan fingerprint density at radius 2 is 2.05 bits per heavy atom.